The first-order valence-electron chi connectivity index (χ1n) is 14.6. The molecule has 8 nitrogen and oxygen atoms in total. The molecule has 1 heterocycles. The molecule has 0 aliphatic carbocycles. The molecule has 5 rings (SSSR count). The number of rotatable bonds is 12. The lowest BCUT2D eigenvalue weighted by molar-refractivity contribution is -0.147. The summed E-state index contributed by atoms with van der Waals surface area (Å²) < 4.78 is 91.9. The summed E-state index contributed by atoms with van der Waals surface area (Å²) in [7, 11) is -5.90. The van der Waals surface area contributed by atoms with Crippen molar-refractivity contribution in [3.05, 3.63) is 124 Å². The smallest absolute Gasteiger partial charge is 0.489 e. The fourth-order valence-corrected chi connectivity index (χ4v) is 6.22. The normalized spacial score (nSPS) is 17.0. The van der Waals surface area contributed by atoms with E-state index in [1.807, 2.05) is 30.3 Å². The molecule has 4 aromatic carbocycles. The summed E-state index contributed by atoms with van der Waals surface area (Å²) in [4.78, 5) is 27.2. The summed E-state index contributed by atoms with van der Waals surface area (Å²) in [5, 5.41) is 0. The van der Waals surface area contributed by atoms with Crippen LogP contribution in [0, 0.1) is 11.7 Å². The standard InChI is InChI=1S/C34H28BrF4NO7S/c1-21(41)46-30(23-7-10-25(36)11-8-23)18-17-29-32(28-16-9-24(35)19-31(28)45-20-22-5-3-2-4-6-22)40(33(29)42)26-12-14-27(15-13-26)47-48(43,44)34(37,38)39/h2-16,19,29-30,32H,17-18,20H2,1H3/t29-,30+,32-/m1/s1. The maximum Gasteiger partial charge on any atom is 0.534 e. The zero-order valence-corrected chi connectivity index (χ0v) is 27.6. The Morgan fingerprint density at radius 3 is 2.25 bits per heavy atom. The quantitative estimate of drug-likeness (QED) is 0.0474. The number of carbonyl (C=O) groups excluding carboxylic acids is 2. The Hall–Kier alpha value is -4.43. The molecule has 48 heavy (non-hydrogen) atoms. The second kappa shape index (κ2) is 14.4. The zero-order chi connectivity index (χ0) is 34.6. The van der Waals surface area contributed by atoms with Gasteiger partial charge in [-0.2, -0.15) is 21.6 Å². The number of ether oxygens (including phenoxy) is 2. The van der Waals surface area contributed by atoms with E-state index in [0.29, 0.717) is 21.3 Å². The summed E-state index contributed by atoms with van der Waals surface area (Å²) in [5.41, 5.74) is -3.27. The van der Waals surface area contributed by atoms with Crippen LogP contribution in [0.1, 0.15) is 48.6 Å². The number of benzene rings is 4. The molecule has 1 fully saturated rings. The Bertz CT molecular complexity index is 1870. The van der Waals surface area contributed by atoms with Crippen molar-refractivity contribution < 1.29 is 49.2 Å². The van der Waals surface area contributed by atoms with Crippen molar-refractivity contribution in [3.8, 4) is 11.5 Å². The molecule has 0 aromatic heterocycles. The fraction of sp³-hybridized carbons (Fsp3) is 0.235. The monoisotopic (exact) mass is 749 g/mol. The van der Waals surface area contributed by atoms with Crippen LogP contribution in [0.3, 0.4) is 0 Å². The lowest BCUT2D eigenvalue weighted by atomic mass is 9.78. The molecule has 0 saturated carbocycles. The lowest BCUT2D eigenvalue weighted by Gasteiger charge is -2.48. The van der Waals surface area contributed by atoms with Crippen molar-refractivity contribution in [1.29, 1.82) is 0 Å². The Morgan fingerprint density at radius 2 is 1.62 bits per heavy atom. The number of hydrogen-bond acceptors (Lipinski definition) is 7. The highest BCUT2D eigenvalue weighted by atomic mass is 79.9. The van der Waals surface area contributed by atoms with E-state index in [4.69, 9.17) is 9.47 Å². The fourth-order valence-electron chi connectivity index (χ4n) is 5.43. The molecule has 0 radical (unpaired) electrons. The third kappa shape index (κ3) is 7.98. The largest absolute Gasteiger partial charge is 0.534 e. The Morgan fingerprint density at radius 1 is 0.958 bits per heavy atom. The number of nitrogens with zero attached hydrogens (tertiary/aromatic N) is 1. The minimum Gasteiger partial charge on any atom is -0.489 e. The van der Waals surface area contributed by atoms with Gasteiger partial charge in [-0.1, -0.05) is 64.5 Å². The van der Waals surface area contributed by atoms with Gasteiger partial charge >= 0.3 is 21.6 Å². The Balaban J connectivity index is 1.47. The molecule has 0 unspecified atom stereocenters. The van der Waals surface area contributed by atoms with Gasteiger partial charge in [-0.25, -0.2) is 4.39 Å². The van der Waals surface area contributed by atoms with Crippen molar-refractivity contribution in [2.24, 2.45) is 5.92 Å². The summed E-state index contributed by atoms with van der Waals surface area (Å²) >= 11 is 3.47. The molecular formula is C34H28BrF4NO7S. The number of halogens is 5. The van der Waals surface area contributed by atoms with Crippen LogP contribution in [-0.4, -0.2) is 25.8 Å². The van der Waals surface area contributed by atoms with Gasteiger partial charge in [0, 0.05) is 22.6 Å². The van der Waals surface area contributed by atoms with E-state index in [1.54, 1.807) is 18.2 Å². The van der Waals surface area contributed by atoms with Crippen LogP contribution in [-0.2, 0) is 31.1 Å². The number of esters is 1. The van der Waals surface area contributed by atoms with Crippen molar-refractivity contribution >= 4 is 43.6 Å². The van der Waals surface area contributed by atoms with Gasteiger partial charge in [0.2, 0.25) is 5.91 Å². The van der Waals surface area contributed by atoms with E-state index in [9.17, 15) is 35.6 Å². The van der Waals surface area contributed by atoms with Crippen LogP contribution in [0.15, 0.2) is 102 Å². The summed E-state index contributed by atoms with van der Waals surface area (Å²) in [6, 6.07) is 24.2. The molecule has 1 amide bonds. The maximum atomic E-state index is 13.8. The lowest BCUT2D eigenvalue weighted by Crippen LogP contribution is -2.55. The van der Waals surface area contributed by atoms with Crippen LogP contribution < -0.4 is 13.8 Å². The molecule has 0 N–H and O–H groups in total. The third-order valence-corrected chi connectivity index (χ3v) is 9.11. The van der Waals surface area contributed by atoms with E-state index in [2.05, 4.69) is 20.1 Å². The van der Waals surface area contributed by atoms with Crippen LogP contribution in [0.5, 0.6) is 11.5 Å². The predicted molar refractivity (Wildman–Crippen MR) is 171 cm³/mol. The van der Waals surface area contributed by atoms with Crippen molar-refractivity contribution in [2.45, 2.75) is 44.0 Å². The highest BCUT2D eigenvalue weighted by Crippen LogP contribution is 2.49. The molecule has 1 aliphatic heterocycles. The number of carbonyl (C=O) groups is 2. The second-order valence-corrected chi connectivity index (χ2v) is 13.4. The van der Waals surface area contributed by atoms with E-state index in [1.165, 1.54) is 48.2 Å². The number of alkyl halides is 3. The number of anilines is 1. The summed E-state index contributed by atoms with van der Waals surface area (Å²) in [6.07, 6.45) is -0.324. The van der Waals surface area contributed by atoms with Crippen molar-refractivity contribution in [1.82, 2.24) is 0 Å². The number of amides is 1. The summed E-state index contributed by atoms with van der Waals surface area (Å²) in [5.74, 6) is -2.14. The predicted octanol–water partition coefficient (Wildman–Crippen LogP) is 8.18. The van der Waals surface area contributed by atoms with Crippen LogP contribution in [0.4, 0.5) is 23.2 Å². The van der Waals surface area contributed by atoms with Gasteiger partial charge in [-0.3, -0.25) is 9.59 Å². The van der Waals surface area contributed by atoms with Crippen LogP contribution in [0.2, 0.25) is 0 Å². The van der Waals surface area contributed by atoms with E-state index in [-0.39, 0.29) is 31.0 Å². The first kappa shape index (κ1) is 34.9. The minimum absolute atomic E-state index is 0.213. The van der Waals surface area contributed by atoms with E-state index in [0.717, 1.165) is 17.7 Å². The molecule has 1 saturated heterocycles. The topological polar surface area (TPSA) is 99.2 Å². The van der Waals surface area contributed by atoms with Crippen molar-refractivity contribution in [3.63, 3.8) is 0 Å². The molecular weight excluding hydrogens is 722 g/mol. The molecule has 252 valence electrons. The zero-order valence-electron chi connectivity index (χ0n) is 25.2. The SMILES string of the molecule is CC(=O)O[C@@H](CC[C@H]1C(=O)N(c2ccc(OS(=O)(=O)C(F)(F)F)cc2)[C@@H]1c1ccc(Br)cc1OCc1ccccc1)c1ccc(F)cc1. The van der Waals surface area contributed by atoms with Crippen LogP contribution >= 0.6 is 15.9 Å². The third-order valence-electron chi connectivity index (χ3n) is 7.64. The molecule has 4 aromatic rings. The highest BCUT2D eigenvalue weighted by Gasteiger charge is 2.50. The first-order valence-corrected chi connectivity index (χ1v) is 16.8. The second-order valence-electron chi connectivity index (χ2n) is 10.9. The van der Waals surface area contributed by atoms with E-state index < -0.39 is 51.2 Å². The van der Waals surface area contributed by atoms with Gasteiger partial charge in [-0.15, -0.1) is 0 Å². The Kier molecular flexibility index (Phi) is 10.4. The van der Waals surface area contributed by atoms with Crippen molar-refractivity contribution in [2.75, 3.05) is 4.90 Å². The molecule has 0 bridgehead atoms. The molecule has 3 atom stereocenters. The minimum atomic E-state index is -5.90. The van der Waals surface area contributed by atoms with Gasteiger partial charge in [-0.05, 0) is 72.5 Å². The van der Waals surface area contributed by atoms with Gasteiger partial charge in [0.05, 0.1) is 12.0 Å². The average molecular weight is 751 g/mol. The highest BCUT2D eigenvalue weighted by molar-refractivity contribution is 9.10. The van der Waals surface area contributed by atoms with Gasteiger partial charge in [0.1, 0.15) is 30.0 Å². The van der Waals surface area contributed by atoms with Gasteiger partial charge in [0.25, 0.3) is 0 Å². The molecule has 0 spiro atoms. The van der Waals surface area contributed by atoms with E-state index >= 15 is 0 Å². The molecule has 14 heteroatoms. The summed E-state index contributed by atoms with van der Waals surface area (Å²) in [6.45, 7) is 1.47. The Labute approximate surface area is 282 Å². The maximum absolute atomic E-state index is 13.8. The van der Waals surface area contributed by atoms with Gasteiger partial charge in [0.15, 0.2) is 0 Å². The number of β-lactam (4-membered cyclic amide) rings is 1. The number of hydrogen-bond donors (Lipinski definition) is 0. The van der Waals surface area contributed by atoms with Gasteiger partial charge < -0.3 is 18.6 Å². The molecule has 1 aliphatic rings. The average Bonchev–Trinajstić information content (AvgIpc) is 3.03. The first-order chi connectivity index (χ1) is 22.7. The van der Waals surface area contributed by atoms with Crippen LogP contribution in [0.25, 0.3) is 0 Å².